The summed E-state index contributed by atoms with van der Waals surface area (Å²) in [6, 6.07) is 17.3. The first-order valence-electron chi connectivity index (χ1n) is 15.7. The lowest BCUT2D eigenvalue weighted by Gasteiger charge is -2.13. The number of hydrogen-bond donors (Lipinski definition) is 0. The van der Waals surface area contributed by atoms with E-state index in [0.29, 0.717) is 41.7 Å². The first kappa shape index (κ1) is 34.3. The molecule has 3 rings (SSSR count). The summed E-state index contributed by atoms with van der Waals surface area (Å²) in [5.74, 6) is 1.26. The molecule has 1 atom stereocenters. The van der Waals surface area contributed by atoms with E-state index in [1.54, 1.807) is 30.3 Å². The summed E-state index contributed by atoms with van der Waals surface area (Å²) in [7, 11) is 0. The van der Waals surface area contributed by atoms with Crippen molar-refractivity contribution in [3.8, 4) is 17.2 Å². The van der Waals surface area contributed by atoms with Crippen LogP contribution in [0.2, 0.25) is 0 Å². The summed E-state index contributed by atoms with van der Waals surface area (Å²) in [5.41, 5.74) is 1.05. The lowest BCUT2D eigenvalue weighted by Crippen LogP contribution is -2.11. The first-order valence-corrected chi connectivity index (χ1v) is 15.7. The predicted octanol–water partition coefficient (Wildman–Crippen LogP) is 9.39. The zero-order valence-corrected chi connectivity index (χ0v) is 26.4. The minimum absolute atomic E-state index is 0.00312. The standard InChI is InChI=1S/C36H45NO7/c1-5-6-7-8-24-42-31-19-21-33(22-20-31)43-35(38)28-14-17-32(18-15-28)44-36(39)30-16-23-34(37(40)41)29(25-30)13-12-27(4)11-9-10-26(2)3/h14-23,25-27H,5-13,24H2,1-4H3/t27-/m0/s1. The number of nitro groups is 1. The highest BCUT2D eigenvalue weighted by Gasteiger charge is 2.19. The van der Waals surface area contributed by atoms with E-state index in [-0.39, 0.29) is 17.0 Å². The lowest BCUT2D eigenvalue weighted by atomic mass is 9.93. The molecule has 0 bridgehead atoms. The van der Waals surface area contributed by atoms with Crippen LogP contribution in [0.25, 0.3) is 0 Å². The van der Waals surface area contributed by atoms with Crippen LogP contribution in [0.3, 0.4) is 0 Å². The summed E-state index contributed by atoms with van der Waals surface area (Å²) in [4.78, 5) is 36.7. The second kappa shape index (κ2) is 17.8. The Kier molecular flexibility index (Phi) is 13.9. The van der Waals surface area contributed by atoms with Crippen molar-refractivity contribution in [2.75, 3.05) is 6.61 Å². The zero-order chi connectivity index (χ0) is 31.9. The fourth-order valence-electron chi connectivity index (χ4n) is 4.83. The van der Waals surface area contributed by atoms with Gasteiger partial charge in [0, 0.05) is 11.6 Å². The molecule has 0 aliphatic heterocycles. The zero-order valence-electron chi connectivity index (χ0n) is 26.4. The van der Waals surface area contributed by atoms with E-state index in [4.69, 9.17) is 14.2 Å². The van der Waals surface area contributed by atoms with Crippen LogP contribution in [-0.4, -0.2) is 23.5 Å². The second-order valence-electron chi connectivity index (χ2n) is 11.8. The highest BCUT2D eigenvalue weighted by atomic mass is 16.6. The second-order valence-corrected chi connectivity index (χ2v) is 11.8. The van der Waals surface area contributed by atoms with E-state index >= 15 is 0 Å². The molecule has 0 amide bonds. The van der Waals surface area contributed by atoms with Crippen molar-refractivity contribution in [3.63, 3.8) is 0 Å². The summed E-state index contributed by atoms with van der Waals surface area (Å²) in [6.07, 6.45) is 9.18. The maximum Gasteiger partial charge on any atom is 0.343 e. The summed E-state index contributed by atoms with van der Waals surface area (Å²) >= 11 is 0. The van der Waals surface area contributed by atoms with Gasteiger partial charge < -0.3 is 14.2 Å². The maximum absolute atomic E-state index is 12.9. The Labute approximate surface area is 260 Å². The minimum Gasteiger partial charge on any atom is -0.494 e. The minimum atomic E-state index is -0.630. The Morgan fingerprint density at radius 2 is 1.32 bits per heavy atom. The number of nitro benzene ring substituents is 1. The van der Waals surface area contributed by atoms with Crippen LogP contribution in [0, 0.1) is 22.0 Å². The number of nitrogens with zero attached hydrogens (tertiary/aromatic N) is 1. The van der Waals surface area contributed by atoms with Crippen LogP contribution in [0.1, 0.15) is 105 Å². The van der Waals surface area contributed by atoms with Crippen LogP contribution in [0.15, 0.2) is 66.7 Å². The van der Waals surface area contributed by atoms with Crippen molar-refractivity contribution in [2.24, 2.45) is 11.8 Å². The fourth-order valence-corrected chi connectivity index (χ4v) is 4.83. The number of rotatable bonds is 18. The molecule has 0 radical (unpaired) electrons. The average Bonchev–Trinajstić information content (AvgIpc) is 3.00. The molecular weight excluding hydrogens is 558 g/mol. The molecule has 0 N–H and O–H groups in total. The number of ether oxygens (including phenoxy) is 3. The molecule has 236 valence electrons. The summed E-state index contributed by atoms with van der Waals surface area (Å²) in [5, 5.41) is 11.6. The van der Waals surface area contributed by atoms with Gasteiger partial charge in [-0.1, -0.05) is 66.2 Å². The summed E-state index contributed by atoms with van der Waals surface area (Å²) in [6.45, 7) is 9.38. The molecule has 0 aliphatic rings. The summed E-state index contributed by atoms with van der Waals surface area (Å²) < 4.78 is 16.7. The largest absolute Gasteiger partial charge is 0.494 e. The molecule has 0 spiro atoms. The van der Waals surface area contributed by atoms with Crippen molar-refractivity contribution < 1.29 is 28.7 Å². The molecule has 3 aromatic rings. The maximum atomic E-state index is 12.9. The third kappa shape index (κ3) is 11.5. The SMILES string of the molecule is CCCCCCOc1ccc(OC(=O)c2ccc(OC(=O)c3ccc([N+](=O)[O-])c(CC[C@@H](C)CCCC(C)C)c3)cc2)cc1. The molecule has 0 heterocycles. The third-order valence-electron chi connectivity index (χ3n) is 7.50. The smallest absolute Gasteiger partial charge is 0.343 e. The van der Waals surface area contributed by atoms with Gasteiger partial charge in [-0.3, -0.25) is 10.1 Å². The van der Waals surface area contributed by atoms with Crippen molar-refractivity contribution >= 4 is 17.6 Å². The third-order valence-corrected chi connectivity index (χ3v) is 7.50. The molecule has 0 fully saturated rings. The monoisotopic (exact) mass is 603 g/mol. The van der Waals surface area contributed by atoms with E-state index in [1.165, 1.54) is 49.2 Å². The van der Waals surface area contributed by atoms with Gasteiger partial charge in [0.25, 0.3) is 5.69 Å². The number of carbonyl (C=O) groups excluding carboxylic acids is 2. The predicted molar refractivity (Wildman–Crippen MR) is 172 cm³/mol. The Morgan fingerprint density at radius 1 is 0.727 bits per heavy atom. The molecule has 0 saturated heterocycles. The number of hydrogen-bond acceptors (Lipinski definition) is 7. The Morgan fingerprint density at radius 3 is 1.93 bits per heavy atom. The van der Waals surface area contributed by atoms with Gasteiger partial charge in [-0.15, -0.1) is 0 Å². The number of esters is 2. The van der Waals surface area contributed by atoms with Crippen molar-refractivity contribution in [1.29, 1.82) is 0 Å². The Hall–Kier alpha value is -4.20. The topological polar surface area (TPSA) is 105 Å². The van der Waals surface area contributed by atoms with Gasteiger partial charge in [-0.05, 0) is 91.8 Å². The molecule has 0 aromatic heterocycles. The van der Waals surface area contributed by atoms with Crippen LogP contribution in [-0.2, 0) is 6.42 Å². The molecule has 0 aliphatic carbocycles. The van der Waals surface area contributed by atoms with E-state index in [2.05, 4.69) is 27.7 Å². The van der Waals surface area contributed by atoms with Gasteiger partial charge in [0.05, 0.1) is 22.7 Å². The molecule has 3 aromatic carbocycles. The van der Waals surface area contributed by atoms with Crippen LogP contribution >= 0.6 is 0 Å². The van der Waals surface area contributed by atoms with Crippen LogP contribution < -0.4 is 14.2 Å². The number of aryl methyl sites for hydroxylation is 1. The van der Waals surface area contributed by atoms with Gasteiger partial charge in [-0.2, -0.15) is 0 Å². The molecule has 0 unspecified atom stereocenters. The lowest BCUT2D eigenvalue weighted by molar-refractivity contribution is -0.385. The molecule has 44 heavy (non-hydrogen) atoms. The number of benzene rings is 3. The molecule has 0 saturated carbocycles. The van der Waals surface area contributed by atoms with Crippen molar-refractivity contribution in [2.45, 2.75) is 85.5 Å². The Bertz CT molecular complexity index is 1350. The molecule has 8 heteroatoms. The van der Waals surface area contributed by atoms with Crippen molar-refractivity contribution in [1.82, 2.24) is 0 Å². The molecular formula is C36H45NO7. The van der Waals surface area contributed by atoms with Crippen molar-refractivity contribution in [3.05, 3.63) is 93.5 Å². The number of unbranched alkanes of at least 4 members (excludes halogenated alkanes) is 3. The highest BCUT2D eigenvalue weighted by molar-refractivity contribution is 5.93. The van der Waals surface area contributed by atoms with Gasteiger partial charge in [0.1, 0.15) is 17.2 Å². The van der Waals surface area contributed by atoms with E-state index in [0.717, 1.165) is 44.3 Å². The average molecular weight is 604 g/mol. The highest BCUT2D eigenvalue weighted by Crippen LogP contribution is 2.26. The fraction of sp³-hybridized carbons (Fsp3) is 0.444. The van der Waals surface area contributed by atoms with E-state index in [9.17, 15) is 19.7 Å². The van der Waals surface area contributed by atoms with Crippen LogP contribution in [0.4, 0.5) is 5.69 Å². The van der Waals surface area contributed by atoms with Crippen LogP contribution in [0.5, 0.6) is 17.2 Å². The molecule has 8 nitrogen and oxygen atoms in total. The van der Waals surface area contributed by atoms with E-state index in [1.807, 2.05) is 0 Å². The number of carbonyl (C=O) groups is 2. The first-order chi connectivity index (χ1) is 21.2. The van der Waals surface area contributed by atoms with Gasteiger partial charge >= 0.3 is 11.9 Å². The van der Waals surface area contributed by atoms with E-state index < -0.39 is 16.9 Å². The normalized spacial score (nSPS) is 11.7. The quantitative estimate of drug-likeness (QED) is 0.0469. The van der Waals surface area contributed by atoms with Gasteiger partial charge in [-0.25, -0.2) is 9.59 Å². The van der Waals surface area contributed by atoms with Gasteiger partial charge in [0.15, 0.2) is 0 Å². The Balaban J connectivity index is 1.55. The van der Waals surface area contributed by atoms with Gasteiger partial charge in [0.2, 0.25) is 0 Å².